The summed E-state index contributed by atoms with van der Waals surface area (Å²) < 4.78 is 24.8. The van der Waals surface area contributed by atoms with Crippen molar-refractivity contribution in [2.75, 3.05) is 0 Å². The van der Waals surface area contributed by atoms with E-state index >= 15 is 0 Å². The van der Waals surface area contributed by atoms with Gasteiger partial charge in [-0.3, -0.25) is 20.2 Å². The summed E-state index contributed by atoms with van der Waals surface area (Å²) in [5, 5.41) is 32.7. The monoisotopic (exact) mass is 366 g/mol. The van der Waals surface area contributed by atoms with Gasteiger partial charge in [0.15, 0.2) is 0 Å². The number of hydrogen-bond acceptors (Lipinski definition) is 6. The number of phenols is 1. The van der Waals surface area contributed by atoms with Gasteiger partial charge in [0, 0.05) is 17.2 Å². The molecule has 2 aromatic carbocycles. The zero-order valence-electron chi connectivity index (χ0n) is 12.5. The van der Waals surface area contributed by atoms with Crippen molar-refractivity contribution in [1.82, 2.24) is 0 Å². The third-order valence-corrected chi connectivity index (χ3v) is 4.19. The highest BCUT2D eigenvalue weighted by Gasteiger charge is 2.23. The van der Waals surface area contributed by atoms with Crippen LogP contribution in [0.2, 0.25) is 0 Å². The van der Waals surface area contributed by atoms with Crippen LogP contribution >= 0.6 is 0 Å². The topological polar surface area (TPSA) is 130 Å². The fourth-order valence-corrected chi connectivity index (χ4v) is 2.86. The van der Waals surface area contributed by atoms with E-state index in [-0.39, 0.29) is 11.3 Å². The maximum atomic E-state index is 12.8. The minimum Gasteiger partial charge on any atom is -0.612 e. The molecule has 2 rings (SSSR count). The molecule has 0 saturated heterocycles. The van der Waals surface area contributed by atoms with Crippen LogP contribution in [0.1, 0.15) is 11.1 Å². The quantitative estimate of drug-likeness (QED) is 0.474. The van der Waals surface area contributed by atoms with E-state index in [1.165, 1.54) is 24.3 Å². The maximum Gasteiger partial charge on any atom is 0.318 e. The Morgan fingerprint density at radius 2 is 1.76 bits per heavy atom. The van der Waals surface area contributed by atoms with E-state index in [0.717, 1.165) is 17.6 Å². The van der Waals surface area contributed by atoms with Crippen molar-refractivity contribution >= 4 is 28.6 Å². The smallest absolute Gasteiger partial charge is 0.318 e. The molecule has 0 amide bonds. The fourth-order valence-electron chi connectivity index (χ4n) is 1.94. The van der Waals surface area contributed by atoms with Gasteiger partial charge in [0.2, 0.25) is 5.75 Å². The Balaban J connectivity index is 2.25. The normalized spacial score (nSPS) is 12.2. The fraction of sp³-hybridized carbons (Fsp3) is 0.0667. The highest BCUT2D eigenvalue weighted by atomic mass is 32.2. The second-order valence-electron chi connectivity index (χ2n) is 4.87. The van der Waals surface area contributed by atoms with Crippen molar-refractivity contribution in [1.29, 1.82) is 0 Å². The van der Waals surface area contributed by atoms with Crippen LogP contribution in [0.5, 0.6) is 5.75 Å². The van der Waals surface area contributed by atoms with Crippen LogP contribution in [-0.4, -0.2) is 19.5 Å². The maximum absolute atomic E-state index is 12.8. The van der Waals surface area contributed by atoms with Gasteiger partial charge in [-0.1, -0.05) is 12.1 Å². The molecule has 25 heavy (non-hydrogen) atoms. The summed E-state index contributed by atoms with van der Waals surface area (Å²) in [6.45, 7) is 0. The van der Waals surface area contributed by atoms with Crippen molar-refractivity contribution in [3.63, 3.8) is 0 Å². The molecule has 0 aliphatic heterocycles. The molecule has 0 spiro atoms. The van der Waals surface area contributed by atoms with Crippen molar-refractivity contribution < 1.29 is 23.9 Å². The first kappa shape index (κ1) is 18.4. The standard InChI is InChI=1S/C15H11FN2O6S/c16-12-3-1-10(2-4-12)9-25(24)6-5-11-7-13(17(20)21)8-14(15(11)19)18(22)23/h1-8,19H,9H2. The Hall–Kier alpha value is -2.98. The second-order valence-corrected chi connectivity index (χ2v) is 6.19. The molecular weight excluding hydrogens is 355 g/mol. The lowest BCUT2D eigenvalue weighted by atomic mass is 10.1. The predicted molar refractivity (Wildman–Crippen MR) is 88.7 cm³/mol. The molecule has 10 heteroatoms. The number of nitrogens with zero attached hydrogens (tertiary/aromatic N) is 2. The molecule has 1 unspecified atom stereocenters. The molecule has 2 aromatic rings. The summed E-state index contributed by atoms with van der Waals surface area (Å²) >= 11 is -1.57. The first-order valence-corrected chi connectivity index (χ1v) is 8.11. The largest absolute Gasteiger partial charge is 0.612 e. The first-order chi connectivity index (χ1) is 11.8. The molecule has 0 radical (unpaired) electrons. The van der Waals surface area contributed by atoms with Gasteiger partial charge in [0.1, 0.15) is 17.0 Å². The Bertz CT molecular complexity index is 841. The minimum absolute atomic E-state index is 0.0502. The number of benzene rings is 2. The van der Waals surface area contributed by atoms with E-state index in [0.29, 0.717) is 11.6 Å². The van der Waals surface area contributed by atoms with Crippen LogP contribution in [0.15, 0.2) is 41.8 Å². The number of hydrogen-bond donors (Lipinski definition) is 1. The number of nitro benzene ring substituents is 2. The lowest BCUT2D eigenvalue weighted by Gasteiger charge is -2.06. The molecular formula is C15H11FN2O6S. The zero-order valence-corrected chi connectivity index (χ0v) is 13.3. The molecule has 0 heterocycles. The number of rotatable bonds is 6. The molecule has 0 saturated carbocycles. The zero-order chi connectivity index (χ0) is 18.6. The predicted octanol–water partition coefficient (Wildman–Crippen LogP) is 3.27. The number of non-ortho nitro benzene ring substituents is 1. The van der Waals surface area contributed by atoms with Crippen LogP contribution in [0.3, 0.4) is 0 Å². The summed E-state index contributed by atoms with van der Waals surface area (Å²) in [4.78, 5) is 19.9. The van der Waals surface area contributed by atoms with Gasteiger partial charge in [0.25, 0.3) is 5.69 Å². The van der Waals surface area contributed by atoms with Crippen LogP contribution in [0.25, 0.3) is 6.08 Å². The third kappa shape index (κ3) is 4.75. The molecule has 1 N–H and O–H groups in total. The average molecular weight is 366 g/mol. The highest BCUT2D eigenvalue weighted by Crippen LogP contribution is 2.35. The van der Waals surface area contributed by atoms with E-state index in [1.54, 1.807) is 0 Å². The van der Waals surface area contributed by atoms with Crippen LogP contribution in [-0.2, 0) is 16.9 Å². The van der Waals surface area contributed by atoms with Crippen LogP contribution in [0.4, 0.5) is 15.8 Å². The number of halogens is 1. The molecule has 8 nitrogen and oxygen atoms in total. The Kier molecular flexibility index (Phi) is 5.67. The summed E-state index contributed by atoms with van der Waals surface area (Å²) in [5.74, 6) is -1.14. The Morgan fingerprint density at radius 3 is 2.32 bits per heavy atom. The lowest BCUT2D eigenvalue weighted by Crippen LogP contribution is -2.00. The number of aromatic hydroxyl groups is 1. The van der Waals surface area contributed by atoms with Gasteiger partial charge in [-0.2, -0.15) is 0 Å². The summed E-state index contributed by atoms with van der Waals surface area (Å²) in [7, 11) is 0. The Morgan fingerprint density at radius 1 is 1.12 bits per heavy atom. The molecule has 0 bridgehead atoms. The molecule has 0 aliphatic rings. The van der Waals surface area contributed by atoms with E-state index in [1.807, 2.05) is 0 Å². The van der Waals surface area contributed by atoms with Gasteiger partial charge in [-0.05, 0) is 29.4 Å². The molecule has 0 aromatic heterocycles. The van der Waals surface area contributed by atoms with E-state index in [2.05, 4.69) is 0 Å². The third-order valence-electron chi connectivity index (χ3n) is 3.13. The van der Waals surface area contributed by atoms with E-state index in [9.17, 15) is 34.3 Å². The van der Waals surface area contributed by atoms with Crippen molar-refractivity contribution in [3.8, 4) is 5.75 Å². The van der Waals surface area contributed by atoms with Crippen LogP contribution in [0, 0.1) is 26.0 Å². The van der Waals surface area contributed by atoms with Gasteiger partial charge in [-0.15, -0.1) is 0 Å². The summed E-state index contributed by atoms with van der Waals surface area (Å²) in [5.41, 5.74) is -1.00. The summed E-state index contributed by atoms with van der Waals surface area (Å²) in [6, 6.07) is 6.92. The van der Waals surface area contributed by atoms with Gasteiger partial charge in [-0.25, -0.2) is 4.39 Å². The van der Waals surface area contributed by atoms with Crippen LogP contribution < -0.4 is 0 Å². The highest BCUT2D eigenvalue weighted by molar-refractivity contribution is 7.93. The SMILES string of the molecule is O=[N+]([O-])c1cc(C=C[S+]([O-])Cc2ccc(F)cc2)c(O)c([N+](=O)[O-])c1. The van der Waals surface area contributed by atoms with E-state index in [4.69, 9.17) is 0 Å². The lowest BCUT2D eigenvalue weighted by molar-refractivity contribution is -0.394. The first-order valence-electron chi connectivity index (χ1n) is 6.73. The molecule has 0 fully saturated rings. The molecule has 0 aliphatic carbocycles. The average Bonchev–Trinajstić information content (AvgIpc) is 2.55. The number of nitro groups is 2. The van der Waals surface area contributed by atoms with Crippen molar-refractivity contribution in [3.05, 3.63) is 79.0 Å². The number of phenolic OH excluding ortho intramolecular Hbond substituents is 1. The van der Waals surface area contributed by atoms with Gasteiger partial charge >= 0.3 is 5.69 Å². The molecule has 1 atom stereocenters. The van der Waals surface area contributed by atoms with E-state index < -0.39 is 44.0 Å². The second kappa shape index (κ2) is 7.73. The van der Waals surface area contributed by atoms with Crippen molar-refractivity contribution in [2.45, 2.75) is 5.75 Å². The minimum atomic E-state index is -1.57. The molecule has 130 valence electrons. The summed E-state index contributed by atoms with van der Waals surface area (Å²) in [6.07, 6.45) is 1.11. The Labute approximate surface area is 143 Å². The van der Waals surface area contributed by atoms with Gasteiger partial charge < -0.3 is 9.66 Å². The van der Waals surface area contributed by atoms with Crippen molar-refractivity contribution in [2.24, 2.45) is 0 Å². The van der Waals surface area contributed by atoms with Gasteiger partial charge in [0.05, 0.1) is 15.9 Å².